The minimum absolute atomic E-state index is 0.754. The molecule has 0 aliphatic heterocycles. The smallest absolute Gasteiger partial charge is 0.185 e. The highest BCUT2D eigenvalue weighted by Crippen LogP contribution is 2.44. The van der Waals surface area contributed by atoms with Crippen LogP contribution in [-0.2, 0) is 6.54 Å². The van der Waals surface area contributed by atoms with E-state index in [1.165, 1.54) is 28.5 Å². The Morgan fingerprint density at radius 3 is 2.53 bits per heavy atom. The minimum Gasteiger partial charge on any atom is -0.349 e. The molecule has 1 heterocycles. The molecule has 1 aromatic heterocycles. The van der Waals surface area contributed by atoms with Crippen LogP contribution in [0, 0.1) is 0 Å². The van der Waals surface area contributed by atoms with Gasteiger partial charge in [0.15, 0.2) is 5.13 Å². The summed E-state index contributed by atoms with van der Waals surface area (Å²) in [6.07, 6.45) is 2.67. The number of thiazole rings is 1. The molecule has 0 saturated heterocycles. The maximum absolute atomic E-state index is 4.87. The van der Waals surface area contributed by atoms with Gasteiger partial charge in [0.1, 0.15) is 0 Å². The van der Waals surface area contributed by atoms with Crippen molar-refractivity contribution in [1.82, 2.24) is 10.3 Å². The summed E-state index contributed by atoms with van der Waals surface area (Å²) in [7, 11) is 0. The molecule has 1 saturated carbocycles. The van der Waals surface area contributed by atoms with Gasteiger partial charge in [0.2, 0.25) is 0 Å². The molecule has 0 bridgehead atoms. The molecule has 0 amide bonds. The third-order valence-electron chi connectivity index (χ3n) is 3.25. The summed E-state index contributed by atoms with van der Waals surface area (Å²) in [5.41, 5.74) is 1.37. The lowest BCUT2D eigenvalue weighted by Gasteiger charge is -2.16. The van der Waals surface area contributed by atoms with Crippen molar-refractivity contribution in [2.75, 3.05) is 24.5 Å². The molecule has 1 aliphatic carbocycles. The molecule has 1 fully saturated rings. The fourth-order valence-electron chi connectivity index (χ4n) is 2.02. The molecule has 3 nitrogen and oxygen atoms in total. The number of hydrogen-bond donors (Lipinski definition) is 1. The number of rotatable bonds is 7. The molecule has 2 rings (SSSR count). The molecule has 17 heavy (non-hydrogen) atoms. The first-order valence-corrected chi connectivity index (χ1v) is 7.57. The predicted molar refractivity (Wildman–Crippen MR) is 75.0 cm³/mol. The molecule has 0 atom stereocenters. The summed E-state index contributed by atoms with van der Waals surface area (Å²) in [4.78, 5) is 8.68. The van der Waals surface area contributed by atoms with Gasteiger partial charge in [0.25, 0.3) is 0 Å². The summed E-state index contributed by atoms with van der Waals surface area (Å²) >= 11 is 1.88. The Balaban J connectivity index is 2.17. The predicted octanol–water partition coefficient (Wildman–Crippen LogP) is 2.98. The number of aromatic nitrogens is 1. The Morgan fingerprint density at radius 1 is 1.29 bits per heavy atom. The topological polar surface area (TPSA) is 28.2 Å². The van der Waals surface area contributed by atoms with Gasteiger partial charge in [0, 0.05) is 30.4 Å². The van der Waals surface area contributed by atoms with Gasteiger partial charge < -0.3 is 10.2 Å². The van der Waals surface area contributed by atoms with Crippen molar-refractivity contribution in [1.29, 1.82) is 0 Å². The minimum atomic E-state index is 0.754. The summed E-state index contributed by atoms with van der Waals surface area (Å²) in [6.45, 7) is 10.7. The van der Waals surface area contributed by atoms with E-state index in [0.717, 1.165) is 32.1 Å². The van der Waals surface area contributed by atoms with Gasteiger partial charge in [0.05, 0.1) is 5.69 Å². The van der Waals surface area contributed by atoms with E-state index < -0.39 is 0 Å². The van der Waals surface area contributed by atoms with E-state index in [4.69, 9.17) is 4.98 Å². The normalized spacial score (nSPS) is 15.2. The Kier molecular flexibility index (Phi) is 4.40. The van der Waals surface area contributed by atoms with Gasteiger partial charge in [-0.1, -0.05) is 6.92 Å². The number of nitrogens with zero attached hydrogens (tertiary/aromatic N) is 2. The van der Waals surface area contributed by atoms with Gasteiger partial charge in [-0.15, -0.1) is 11.3 Å². The molecular weight excluding hydrogens is 230 g/mol. The zero-order chi connectivity index (χ0) is 12.3. The van der Waals surface area contributed by atoms with Gasteiger partial charge in [-0.3, -0.25) is 0 Å². The molecule has 1 aromatic rings. The molecule has 96 valence electrons. The van der Waals surface area contributed by atoms with E-state index in [1.807, 2.05) is 11.3 Å². The molecule has 1 aliphatic rings. The third-order valence-corrected chi connectivity index (χ3v) is 4.38. The van der Waals surface area contributed by atoms with Crippen molar-refractivity contribution in [3.63, 3.8) is 0 Å². The first kappa shape index (κ1) is 12.8. The lowest BCUT2D eigenvalue weighted by atomic mass is 10.2. The van der Waals surface area contributed by atoms with Crippen LogP contribution in [0.15, 0.2) is 0 Å². The van der Waals surface area contributed by atoms with Crippen molar-refractivity contribution in [3.05, 3.63) is 10.6 Å². The molecule has 0 spiro atoms. The standard InChI is InChI=1S/C13H23N3S/c1-4-14-9-11-12(10-7-8-10)15-13(17-11)16(5-2)6-3/h10,14H,4-9H2,1-3H3. The number of anilines is 1. The van der Waals surface area contributed by atoms with Gasteiger partial charge in [-0.25, -0.2) is 4.98 Å². The summed E-state index contributed by atoms with van der Waals surface area (Å²) < 4.78 is 0. The van der Waals surface area contributed by atoms with Gasteiger partial charge in [-0.2, -0.15) is 0 Å². The van der Waals surface area contributed by atoms with Crippen LogP contribution in [0.3, 0.4) is 0 Å². The van der Waals surface area contributed by atoms with Crippen LogP contribution in [0.1, 0.15) is 50.1 Å². The highest BCUT2D eigenvalue weighted by molar-refractivity contribution is 7.15. The quantitative estimate of drug-likeness (QED) is 0.809. The van der Waals surface area contributed by atoms with Crippen molar-refractivity contribution in [2.24, 2.45) is 0 Å². The molecule has 0 unspecified atom stereocenters. The lowest BCUT2D eigenvalue weighted by molar-refractivity contribution is 0.726. The maximum atomic E-state index is 4.87. The maximum Gasteiger partial charge on any atom is 0.185 e. The average molecular weight is 253 g/mol. The van der Waals surface area contributed by atoms with Crippen LogP contribution >= 0.6 is 11.3 Å². The van der Waals surface area contributed by atoms with E-state index in [2.05, 4.69) is 31.0 Å². The average Bonchev–Trinajstić information content (AvgIpc) is 3.10. The van der Waals surface area contributed by atoms with E-state index >= 15 is 0 Å². The van der Waals surface area contributed by atoms with Crippen molar-refractivity contribution >= 4 is 16.5 Å². The first-order chi connectivity index (χ1) is 8.30. The Bertz CT molecular complexity index is 354. The summed E-state index contributed by atoms with van der Waals surface area (Å²) in [5, 5.41) is 4.64. The van der Waals surface area contributed by atoms with Crippen molar-refractivity contribution < 1.29 is 0 Å². The van der Waals surface area contributed by atoms with Crippen LogP contribution in [0.2, 0.25) is 0 Å². The second-order valence-electron chi connectivity index (χ2n) is 4.53. The van der Waals surface area contributed by atoms with Crippen LogP contribution in [0.25, 0.3) is 0 Å². The molecule has 4 heteroatoms. The van der Waals surface area contributed by atoms with E-state index in [0.29, 0.717) is 0 Å². The Hall–Kier alpha value is -0.610. The second kappa shape index (κ2) is 5.83. The van der Waals surface area contributed by atoms with Gasteiger partial charge >= 0.3 is 0 Å². The lowest BCUT2D eigenvalue weighted by Crippen LogP contribution is -2.21. The fraction of sp³-hybridized carbons (Fsp3) is 0.769. The van der Waals surface area contributed by atoms with Crippen LogP contribution in [0.4, 0.5) is 5.13 Å². The Labute approximate surface area is 108 Å². The summed E-state index contributed by atoms with van der Waals surface area (Å²) in [5.74, 6) is 0.754. The van der Waals surface area contributed by atoms with E-state index in [1.54, 1.807) is 0 Å². The zero-order valence-electron chi connectivity index (χ0n) is 11.1. The summed E-state index contributed by atoms with van der Waals surface area (Å²) in [6, 6.07) is 0. The van der Waals surface area contributed by atoms with Gasteiger partial charge in [-0.05, 0) is 33.2 Å². The second-order valence-corrected chi connectivity index (χ2v) is 5.59. The highest BCUT2D eigenvalue weighted by Gasteiger charge is 2.30. The Morgan fingerprint density at radius 2 is 2.00 bits per heavy atom. The van der Waals surface area contributed by atoms with Crippen molar-refractivity contribution in [3.8, 4) is 0 Å². The third kappa shape index (κ3) is 2.99. The van der Waals surface area contributed by atoms with Crippen LogP contribution < -0.4 is 10.2 Å². The van der Waals surface area contributed by atoms with Crippen molar-refractivity contribution in [2.45, 2.75) is 46.1 Å². The molecule has 0 aromatic carbocycles. The molecular formula is C13H23N3S. The van der Waals surface area contributed by atoms with E-state index in [9.17, 15) is 0 Å². The monoisotopic (exact) mass is 253 g/mol. The highest BCUT2D eigenvalue weighted by atomic mass is 32.1. The molecule has 1 N–H and O–H groups in total. The largest absolute Gasteiger partial charge is 0.349 e. The number of nitrogens with one attached hydrogen (secondary N) is 1. The first-order valence-electron chi connectivity index (χ1n) is 6.75. The van der Waals surface area contributed by atoms with Crippen LogP contribution in [0.5, 0.6) is 0 Å². The number of hydrogen-bond acceptors (Lipinski definition) is 4. The van der Waals surface area contributed by atoms with Crippen LogP contribution in [-0.4, -0.2) is 24.6 Å². The fourth-order valence-corrected chi connectivity index (χ4v) is 3.26. The molecule has 0 radical (unpaired) electrons. The SMILES string of the molecule is CCNCc1sc(N(CC)CC)nc1C1CC1. The zero-order valence-corrected chi connectivity index (χ0v) is 11.9. The van der Waals surface area contributed by atoms with E-state index in [-0.39, 0.29) is 0 Å².